The van der Waals surface area contributed by atoms with Gasteiger partial charge in [0.05, 0.1) is 3.58 Å². The second-order valence-corrected chi connectivity index (χ2v) is 2.76. The van der Waals surface area contributed by atoms with Crippen LogP contribution in [-0.2, 0) is 4.79 Å². The van der Waals surface area contributed by atoms with Gasteiger partial charge in [0.2, 0.25) is 0 Å². The molecule has 0 aliphatic carbocycles. The number of carbonyl (C=O) groups excluding carboxylic acids is 1. The lowest BCUT2D eigenvalue weighted by molar-refractivity contribution is -0.112. The molecule has 0 fully saturated rings. The third-order valence-electron chi connectivity index (χ3n) is 0.771. The van der Waals surface area contributed by atoms with E-state index < -0.39 is 0 Å². The van der Waals surface area contributed by atoms with E-state index in [9.17, 15) is 4.79 Å². The van der Waals surface area contributed by atoms with E-state index >= 15 is 0 Å². The van der Waals surface area contributed by atoms with Gasteiger partial charge in [0.25, 0.3) is 0 Å². The largest absolute Gasteiger partial charge is 0.294 e. The van der Waals surface area contributed by atoms with E-state index in [-0.39, 0.29) is 5.78 Å². The zero-order valence-corrected chi connectivity index (χ0v) is 7.68. The van der Waals surface area contributed by atoms with Gasteiger partial charge in [0, 0.05) is 0 Å². The number of halogens is 1. The Bertz CT molecular complexity index is 156. The molecule has 9 heavy (non-hydrogen) atoms. The topological polar surface area (TPSA) is 17.1 Å². The van der Waals surface area contributed by atoms with Gasteiger partial charge in [-0.25, -0.2) is 0 Å². The van der Waals surface area contributed by atoms with E-state index in [1.54, 1.807) is 13.0 Å². The van der Waals surface area contributed by atoms with Gasteiger partial charge >= 0.3 is 0 Å². The Morgan fingerprint density at radius 1 is 1.56 bits per heavy atom. The Labute approximate surface area is 69.0 Å². The minimum atomic E-state index is 0.119. The average molecular weight is 236 g/mol. The summed E-state index contributed by atoms with van der Waals surface area (Å²) >= 11 is 2.02. The van der Waals surface area contributed by atoms with Crippen molar-refractivity contribution in [2.75, 3.05) is 0 Å². The summed E-state index contributed by atoms with van der Waals surface area (Å²) in [4.78, 5) is 10.5. The van der Waals surface area contributed by atoms with Crippen LogP contribution in [0.25, 0.3) is 0 Å². The van der Waals surface area contributed by atoms with Crippen molar-refractivity contribution in [2.45, 2.75) is 13.8 Å². The second-order valence-electron chi connectivity index (χ2n) is 1.60. The van der Waals surface area contributed by atoms with E-state index in [2.05, 4.69) is 0 Å². The van der Waals surface area contributed by atoms with E-state index in [0.717, 1.165) is 3.58 Å². The molecule has 0 saturated heterocycles. The van der Waals surface area contributed by atoms with Gasteiger partial charge in [-0.3, -0.25) is 4.79 Å². The number of ketones is 1. The zero-order chi connectivity index (χ0) is 7.28. The van der Waals surface area contributed by atoms with Crippen LogP contribution in [0.4, 0.5) is 0 Å². The molecule has 0 aromatic heterocycles. The lowest BCUT2D eigenvalue weighted by atomic mass is 10.4. The van der Waals surface area contributed by atoms with E-state index in [1.165, 1.54) is 0 Å². The van der Waals surface area contributed by atoms with Gasteiger partial charge in [-0.15, -0.1) is 0 Å². The first-order valence-electron chi connectivity index (χ1n) is 2.68. The minimum absolute atomic E-state index is 0.119. The van der Waals surface area contributed by atoms with Crippen LogP contribution < -0.4 is 0 Å². The highest BCUT2D eigenvalue weighted by atomic mass is 127. The Morgan fingerprint density at radius 3 is 2.44 bits per heavy atom. The third kappa shape index (κ3) is 4.39. The smallest absolute Gasteiger partial charge is 0.165 e. The standard InChI is InChI=1S/C7H9IO/c1-3-4-5-7(8)6(2)9/h3-5H,1-2H3/b4-3-,7-5-. The van der Waals surface area contributed by atoms with Gasteiger partial charge in [-0.2, -0.15) is 0 Å². The zero-order valence-electron chi connectivity index (χ0n) is 5.52. The molecule has 0 heterocycles. The quantitative estimate of drug-likeness (QED) is 0.409. The molecule has 2 heteroatoms. The maximum atomic E-state index is 10.5. The van der Waals surface area contributed by atoms with Crippen molar-refractivity contribution in [1.82, 2.24) is 0 Å². The Hall–Kier alpha value is -0.120. The summed E-state index contributed by atoms with van der Waals surface area (Å²) < 4.78 is 0.769. The van der Waals surface area contributed by atoms with Crippen LogP contribution in [-0.4, -0.2) is 5.78 Å². The van der Waals surface area contributed by atoms with Crippen molar-refractivity contribution in [2.24, 2.45) is 0 Å². The molecule has 0 bridgehead atoms. The molecule has 0 spiro atoms. The molecule has 0 N–H and O–H groups in total. The molecule has 0 rings (SSSR count). The molecule has 0 radical (unpaired) electrons. The summed E-state index contributed by atoms with van der Waals surface area (Å²) in [5.41, 5.74) is 0. The molecule has 0 atom stereocenters. The molecule has 0 aromatic carbocycles. The lowest BCUT2D eigenvalue weighted by Crippen LogP contribution is -1.85. The van der Waals surface area contributed by atoms with Gasteiger partial charge in [0.15, 0.2) is 5.78 Å². The van der Waals surface area contributed by atoms with Crippen molar-refractivity contribution in [3.05, 3.63) is 21.8 Å². The summed E-state index contributed by atoms with van der Waals surface area (Å²) in [6, 6.07) is 0. The van der Waals surface area contributed by atoms with Crippen molar-refractivity contribution in [3.8, 4) is 0 Å². The maximum Gasteiger partial charge on any atom is 0.165 e. The summed E-state index contributed by atoms with van der Waals surface area (Å²) in [5.74, 6) is 0.119. The second kappa shape index (κ2) is 4.73. The monoisotopic (exact) mass is 236 g/mol. The predicted octanol–water partition coefficient (Wildman–Crippen LogP) is 2.47. The molecular weight excluding hydrogens is 227 g/mol. The highest BCUT2D eigenvalue weighted by Gasteiger charge is 1.93. The molecule has 0 aliphatic rings. The van der Waals surface area contributed by atoms with Crippen molar-refractivity contribution in [3.63, 3.8) is 0 Å². The molecule has 0 unspecified atom stereocenters. The molecule has 0 amide bonds. The number of hydrogen-bond donors (Lipinski definition) is 0. The summed E-state index contributed by atoms with van der Waals surface area (Å²) in [6.45, 7) is 3.47. The minimum Gasteiger partial charge on any atom is -0.294 e. The molecular formula is C7H9IO. The number of Topliss-reactive ketones (excluding diaryl/α,β-unsaturated/α-hetero) is 1. The Kier molecular flexibility index (Phi) is 4.67. The lowest BCUT2D eigenvalue weighted by Gasteiger charge is -1.84. The van der Waals surface area contributed by atoms with Crippen LogP contribution >= 0.6 is 22.6 Å². The van der Waals surface area contributed by atoms with Crippen molar-refractivity contribution < 1.29 is 4.79 Å². The predicted molar refractivity (Wildman–Crippen MR) is 47.6 cm³/mol. The summed E-state index contributed by atoms with van der Waals surface area (Å²) in [6.07, 6.45) is 5.54. The van der Waals surface area contributed by atoms with Crippen molar-refractivity contribution >= 4 is 28.4 Å². The fourth-order valence-electron chi connectivity index (χ4n) is 0.298. The number of hydrogen-bond acceptors (Lipinski definition) is 1. The van der Waals surface area contributed by atoms with E-state index in [0.29, 0.717) is 0 Å². The molecule has 0 saturated carbocycles. The first kappa shape index (κ1) is 8.88. The number of carbonyl (C=O) groups is 1. The SMILES string of the molecule is C/C=C\C=C(/I)C(C)=O. The fourth-order valence-corrected chi connectivity index (χ4v) is 0.506. The third-order valence-corrected chi connectivity index (χ3v) is 1.89. The first-order valence-corrected chi connectivity index (χ1v) is 3.75. The van der Waals surface area contributed by atoms with Crippen LogP contribution in [0.5, 0.6) is 0 Å². The molecule has 0 aromatic rings. The number of allylic oxidation sites excluding steroid dienone is 4. The molecule has 0 aliphatic heterocycles. The first-order chi connectivity index (χ1) is 4.18. The normalized spacial score (nSPS) is 12.6. The van der Waals surface area contributed by atoms with Crippen molar-refractivity contribution in [1.29, 1.82) is 0 Å². The summed E-state index contributed by atoms with van der Waals surface area (Å²) in [5, 5.41) is 0. The van der Waals surface area contributed by atoms with Crippen LogP contribution in [0.2, 0.25) is 0 Å². The van der Waals surface area contributed by atoms with Gasteiger partial charge in [-0.05, 0) is 42.5 Å². The van der Waals surface area contributed by atoms with E-state index in [1.807, 2.05) is 41.7 Å². The number of rotatable bonds is 2. The maximum absolute atomic E-state index is 10.5. The van der Waals surface area contributed by atoms with Gasteiger partial charge < -0.3 is 0 Å². The summed E-state index contributed by atoms with van der Waals surface area (Å²) in [7, 11) is 0. The van der Waals surface area contributed by atoms with Crippen LogP contribution in [0.1, 0.15) is 13.8 Å². The Balaban J connectivity index is 4.00. The van der Waals surface area contributed by atoms with E-state index in [4.69, 9.17) is 0 Å². The molecule has 50 valence electrons. The van der Waals surface area contributed by atoms with Gasteiger partial charge in [0.1, 0.15) is 0 Å². The molecule has 1 nitrogen and oxygen atoms in total. The average Bonchev–Trinajstić information content (AvgIpc) is 1.82. The highest BCUT2D eigenvalue weighted by molar-refractivity contribution is 14.1. The van der Waals surface area contributed by atoms with Gasteiger partial charge in [-0.1, -0.05) is 12.2 Å². The van der Waals surface area contributed by atoms with Crippen LogP contribution in [0, 0.1) is 0 Å². The Morgan fingerprint density at radius 2 is 2.11 bits per heavy atom. The van der Waals surface area contributed by atoms with Crippen LogP contribution in [0.15, 0.2) is 21.8 Å². The fraction of sp³-hybridized carbons (Fsp3) is 0.286. The highest BCUT2D eigenvalue weighted by Crippen LogP contribution is 2.05. The van der Waals surface area contributed by atoms with Crippen LogP contribution in [0.3, 0.4) is 0 Å².